The molecule has 0 unspecified atom stereocenters. The quantitative estimate of drug-likeness (QED) is 0.280. The summed E-state index contributed by atoms with van der Waals surface area (Å²) < 4.78 is 21.2. The molecule has 0 aromatic heterocycles. The summed E-state index contributed by atoms with van der Waals surface area (Å²) in [4.78, 5) is 24.4. The summed E-state index contributed by atoms with van der Waals surface area (Å²) in [7, 11) is 1.56. The Kier molecular flexibility index (Phi) is 10.5. The predicted octanol–water partition coefficient (Wildman–Crippen LogP) is 4.28. The zero-order valence-electron chi connectivity index (χ0n) is 18.7. The number of carbonyl (C=O) groups excluding carboxylic acids is 2. The largest absolute Gasteiger partial charge is 0.497 e. The van der Waals surface area contributed by atoms with Crippen LogP contribution in [0.2, 0.25) is 0 Å². The molecule has 0 spiro atoms. The molecular weight excluding hydrogens is 426 g/mol. The Bertz CT molecular complexity index is 923. The maximum atomic E-state index is 12.6. The van der Waals surface area contributed by atoms with Crippen LogP contribution >= 0.6 is 0 Å². The van der Waals surface area contributed by atoms with Gasteiger partial charge < -0.3 is 24.1 Å². The lowest BCUT2D eigenvalue weighted by Gasteiger charge is -2.23. The smallest absolute Gasteiger partial charge is 0.412 e. The maximum Gasteiger partial charge on any atom is 0.412 e. The van der Waals surface area contributed by atoms with Crippen molar-refractivity contribution in [2.45, 2.75) is 13.0 Å². The number of nitrogens with one attached hydrogen (secondary N) is 1. The molecule has 0 radical (unpaired) electrons. The third-order valence-electron chi connectivity index (χ3n) is 4.50. The van der Waals surface area contributed by atoms with Crippen molar-refractivity contribution in [3.63, 3.8) is 0 Å². The molecule has 0 aliphatic carbocycles. The van der Waals surface area contributed by atoms with Crippen LogP contribution in [0.4, 0.5) is 10.5 Å². The molecule has 8 nitrogen and oxygen atoms in total. The minimum Gasteiger partial charge on any atom is -0.497 e. The molecule has 2 N–H and O–H groups in total. The molecule has 2 aromatic rings. The van der Waals surface area contributed by atoms with Crippen LogP contribution in [0.3, 0.4) is 0 Å². The van der Waals surface area contributed by atoms with Crippen LogP contribution < -0.4 is 14.8 Å². The number of benzene rings is 2. The highest BCUT2D eigenvalue weighted by atomic mass is 16.6. The van der Waals surface area contributed by atoms with Gasteiger partial charge in [0.15, 0.2) is 0 Å². The van der Waals surface area contributed by atoms with Gasteiger partial charge in [0.1, 0.15) is 30.8 Å². The van der Waals surface area contributed by atoms with Gasteiger partial charge in [0.25, 0.3) is 0 Å². The van der Waals surface area contributed by atoms with Crippen molar-refractivity contribution in [1.82, 2.24) is 0 Å². The van der Waals surface area contributed by atoms with E-state index in [1.165, 1.54) is 12.2 Å². The first-order valence-corrected chi connectivity index (χ1v) is 10.4. The van der Waals surface area contributed by atoms with Crippen LogP contribution in [-0.4, -0.2) is 44.1 Å². The molecule has 0 aliphatic rings. The van der Waals surface area contributed by atoms with E-state index in [9.17, 15) is 9.59 Å². The molecule has 0 aliphatic heterocycles. The Morgan fingerprint density at radius 1 is 1.09 bits per heavy atom. The average molecular weight is 456 g/mol. The molecule has 2 rings (SSSR count). The summed E-state index contributed by atoms with van der Waals surface area (Å²) in [5, 5.41) is 11.6. The summed E-state index contributed by atoms with van der Waals surface area (Å²) in [6.45, 7) is 5.51. The molecule has 0 fully saturated rings. The lowest BCUT2D eigenvalue weighted by molar-refractivity contribution is -0.136. The highest BCUT2D eigenvalue weighted by Crippen LogP contribution is 2.29. The van der Waals surface area contributed by atoms with E-state index in [1.54, 1.807) is 61.7 Å². The second kappa shape index (κ2) is 13.6. The molecule has 0 heterocycles. The van der Waals surface area contributed by atoms with Crippen molar-refractivity contribution in [2.75, 3.05) is 32.2 Å². The van der Waals surface area contributed by atoms with E-state index in [2.05, 4.69) is 11.9 Å². The van der Waals surface area contributed by atoms with Crippen LogP contribution in [0.15, 0.2) is 73.3 Å². The van der Waals surface area contributed by atoms with E-state index in [0.717, 1.165) is 0 Å². The third-order valence-corrected chi connectivity index (χ3v) is 4.50. The number of carbonyl (C=O) groups is 2. The Morgan fingerprint density at radius 3 is 2.36 bits per heavy atom. The second-order valence-corrected chi connectivity index (χ2v) is 6.96. The first kappa shape index (κ1) is 25.5. The van der Waals surface area contributed by atoms with Gasteiger partial charge in [-0.2, -0.15) is 0 Å². The molecule has 176 valence electrons. The monoisotopic (exact) mass is 455 g/mol. The summed E-state index contributed by atoms with van der Waals surface area (Å²) in [6.07, 6.45) is 3.04. The number of aliphatic hydroxyl groups excluding tert-OH is 1. The number of hydrogen-bond acceptors (Lipinski definition) is 7. The van der Waals surface area contributed by atoms with Crippen molar-refractivity contribution in [3.8, 4) is 11.5 Å². The zero-order chi connectivity index (χ0) is 24.1. The Labute approximate surface area is 193 Å². The number of esters is 1. The number of ether oxygens (including phenoxy) is 4. The van der Waals surface area contributed by atoms with E-state index in [1.807, 2.05) is 6.92 Å². The van der Waals surface area contributed by atoms with Crippen LogP contribution in [0, 0.1) is 5.92 Å². The van der Waals surface area contributed by atoms with Crippen LogP contribution in [0.25, 0.3) is 0 Å². The first-order valence-electron chi connectivity index (χ1n) is 10.4. The van der Waals surface area contributed by atoms with Gasteiger partial charge in [-0.05, 0) is 42.0 Å². The van der Waals surface area contributed by atoms with Crippen LogP contribution in [0.1, 0.15) is 18.6 Å². The number of methoxy groups -OCH3 is 1. The van der Waals surface area contributed by atoms with Gasteiger partial charge in [-0.3, -0.25) is 5.32 Å². The Morgan fingerprint density at radius 2 is 1.76 bits per heavy atom. The molecule has 2 atom stereocenters. The summed E-state index contributed by atoms with van der Waals surface area (Å²) in [5.74, 6) is 0.367. The highest BCUT2D eigenvalue weighted by molar-refractivity contribution is 5.85. The summed E-state index contributed by atoms with van der Waals surface area (Å²) >= 11 is 0. The van der Waals surface area contributed by atoms with E-state index in [0.29, 0.717) is 22.7 Å². The molecule has 0 bridgehead atoms. The molecule has 1 amide bonds. The molecule has 0 saturated carbocycles. The van der Waals surface area contributed by atoms with E-state index >= 15 is 0 Å². The van der Waals surface area contributed by atoms with Gasteiger partial charge in [-0.1, -0.05) is 37.8 Å². The standard InChI is InChI=1S/C25H29NO7/c1-4-16-32-23(28)14-5-18(2)24(19-6-10-22(11-7-19)31-17-15-27)33-25(29)26-20-8-12-21(30-3)13-9-20/h4-14,18,24,27H,1,15-17H2,2-3H3,(H,26,29)/b14-5+/t18-,24-/m1/s1. The van der Waals surface area contributed by atoms with E-state index in [4.69, 9.17) is 24.1 Å². The van der Waals surface area contributed by atoms with Crippen molar-refractivity contribution >= 4 is 17.7 Å². The fraction of sp³-hybridized carbons (Fsp3) is 0.280. The second-order valence-electron chi connectivity index (χ2n) is 6.96. The van der Waals surface area contributed by atoms with Crippen LogP contribution in [0.5, 0.6) is 11.5 Å². The molecular formula is C25H29NO7. The maximum absolute atomic E-state index is 12.6. The summed E-state index contributed by atoms with van der Waals surface area (Å²) in [6, 6.07) is 13.8. The number of aliphatic hydroxyl groups is 1. The van der Waals surface area contributed by atoms with Crippen LogP contribution in [-0.2, 0) is 14.3 Å². The van der Waals surface area contributed by atoms with Gasteiger partial charge in [-0.15, -0.1) is 0 Å². The number of anilines is 1. The predicted molar refractivity (Wildman–Crippen MR) is 124 cm³/mol. The van der Waals surface area contributed by atoms with Gasteiger partial charge in [0.2, 0.25) is 0 Å². The highest BCUT2D eigenvalue weighted by Gasteiger charge is 2.23. The summed E-state index contributed by atoms with van der Waals surface area (Å²) in [5.41, 5.74) is 1.25. The molecule has 8 heteroatoms. The van der Waals surface area contributed by atoms with Crippen molar-refractivity contribution in [2.24, 2.45) is 5.92 Å². The Balaban J connectivity index is 2.15. The number of hydrogen-bond donors (Lipinski definition) is 2. The molecule has 0 saturated heterocycles. The van der Waals surface area contributed by atoms with E-state index < -0.39 is 18.2 Å². The van der Waals surface area contributed by atoms with Gasteiger partial charge >= 0.3 is 12.1 Å². The van der Waals surface area contributed by atoms with E-state index in [-0.39, 0.29) is 25.7 Å². The molecule has 2 aromatic carbocycles. The van der Waals surface area contributed by atoms with Gasteiger partial charge in [-0.25, -0.2) is 9.59 Å². The number of rotatable bonds is 12. The zero-order valence-corrected chi connectivity index (χ0v) is 18.7. The fourth-order valence-corrected chi connectivity index (χ4v) is 2.85. The average Bonchev–Trinajstić information content (AvgIpc) is 2.84. The molecule has 33 heavy (non-hydrogen) atoms. The van der Waals surface area contributed by atoms with Crippen molar-refractivity contribution in [3.05, 3.63) is 78.9 Å². The lowest BCUT2D eigenvalue weighted by atomic mass is 9.96. The normalized spacial score (nSPS) is 12.5. The topological polar surface area (TPSA) is 103 Å². The first-order chi connectivity index (χ1) is 16.0. The lowest BCUT2D eigenvalue weighted by Crippen LogP contribution is -2.21. The Hall–Kier alpha value is -3.78. The van der Waals surface area contributed by atoms with Gasteiger partial charge in [0.05, 0.1) is 13.7 Å². The minimum atomic E-state index is -0.696. The van der Waals surface area contributed by atoms with Crippen molar-refractivity contribution < 1.29 is 33.6 Å². The SMILES string of the molecule is C=CCOC(=O)/C=C/[C@@H](C)[C@@H](OC(=O)Nc1ccc(OC)cc1)c1ccc(OCCO)cc1. The minimum absolute atomic E-state index is 0.0944. The third kappa shape index (κ3) is 8.70. The fourth-order valence-electron chi connectivity index (χ4n) is 2.85. The number of amides is 1. The van der Waals surface area contributed by atoms with Crippen molar-refractivity contribution in [1.29, 1.82) is 0 Å². The van der Waals surface area contributed by atoms with Gasteiger partial charge in [0, 0.05) is 17.7 Å².